The molecule has 26 heavy (non-hydrogen) atoms. The summed E-state index contributed by atoms with van der Waals surface area (Å²) in [6.45, 7) is 8.50. The Morgan fingerprint density at radius 2 is 1.88 bits per heavy atom. The Hall–Kier alpha value is -3.22. The number of nitrogens with zero attached hydrogens (tertiary/aromatic N) is 6. The fraction of sp³-hybridized carbons (Fsp3) is 0.263. The molecule has 134 valence electrons. The molecule has 7 nitrogen and oxygen atoms in total. The lowest BCUT2D eigenvalue weighted by Gasteiger charge is -2.04. The summed E-state index contributed by atoms with van der Waals surface area (Å²) in [7, 11) is 0. The molecule has 0 aliphatic carbocycles. The molecule has 0 saturated carbocycles. The highest BCUT2D eigenvalue weighted by Crippen LogP contribution is 2.15. The van der Waals surface area contributed by atoms with Crippen LogP contribution in [0.2, 0.25) is 0 Å². The quantitative estimate of drug-likeness (QED) is 0.524. The van der Waals surface area contributed by atoms with Crippen LogP contribution >= 0.6 is 0 Å². The van der Waals surface area contributed by atoms with Crippen molar-refractivity contribution < 1.29 is 4.79 Å². The normalized spacial score (nSPS) is 9.85. The zero-order valence-corrected chi connectivity index (χ0v) is 15.4. The van der Waals surface area contributed by atoms with E-state index in [1.165, 1.54) is 6.20 Å². The minimum atomic E-state index is 0.263. The topological polar surface area (TPSA) is 86.5 Å². The lowest BCUT2D eigenvalue weighted by atomic mass is 10.1. The van der Waals surface area contributed by atoms with Crippen molar-refractivity contribution >= 4 is 28.5 Å². The van der Waals surface area contributed by atoms with Crippen molar-refractivity contribution in [1.29, 1.82) is 0 Å². The van der Waals surface area contributed by atoms with Gasteiger partial charge in [-0.05, 0) is 23.8 Å². The highest BCUT2D eigenvalue weighted by Gasteiger charge is 2.09. The second-order valence-corrected chi connectivity index (χ2v) is 4.84. The summed E-state index contributed by atoms with van der Waals surface area (Å²) in [5, 5.41) is 9.08. The highest BCUT2D eigenvalue weighted by atomic mass is 16.1. The minimum Gasteiger partial charge on any atom is -0.296 e. The van der Waals surface area contributed by atoms with E-state index in [0.29, 0.717) is 24.1 Å². The van der Waals surface area contributed by atoms with Gasteiger partial charge in [-0.3, -0.25) is 9.78 Å². The molecule has 0 bridgehead atoms. The first kappa shape index (κ1) is 19.1. The van der Waals surface area contributed by atoms with Crippen LogP contribution in [0.3, 0.4) is 0 Å². The maximum Gasteiger partial charge on any atom is 0.221 e. The Balaban J connectivity index is 0.000000570. The zero-order valence-electron chi connectivity index (χ0n) is 15.4. The van der Waals surface area contributed by atoms with Crippen molar-refractivity contribution in [3.63, 3.8) is 0 Å². The molecular formula is C19H22N6O. The lowest BCUT2D eigenvalue weighted by Crippen LogP contribution is -2.04. The summed E-state index contributed by atoms with van der Waals surface area (Å²) in [5.41, 5.74) is 3.17. The molecule has 0 aliphatic heterocycles. The summed E-state index contributed by atoms with van der Waals surface area (Å²) in [4.78, 5) is 23.4. The fourth-order valence-electron chi connectivity index (χ4n) is 2.33. The van der Waals surface area contributed by atoms with Crippen LogP contribution in [0.1, 0.15) is 43.7 Å². The van der Waals surface area contributed by atoms with Crippen LogP contribution in [0.15, 0.2) is 42.7 Å². The Morgan fingerprint density at radius 1 is 1.08 bits per heavy atom. The van der Waals surface area contributed by atoms with Gasteiger partial charge in [0.1, 0.15) is 5.69 Å². The van der Waals surface area contributed by atoms with Gasteiger partial charge in [0.2, 0.25) is 5.65 Å². The van der Waals surface area contributed by atoms with Gasteiger partial charge >= 0.3 is 0 Å². The molecule has 0 atom stereocenters. The molecule has 0 unspecified atom stereocenters. The molecule has 0 saturated heterocycles. The lowest BCUT2D eigenvalue weighted by molar-refractivity contribution is 0.111. The number of aromatic nitrogens is 6. The van der Waals surface area contributed by atoms with E-state index in [-0.39, 0.29) is 5.69 Å². The summed E-state index contributed by atoms with van der Waals surface area (Å²) >= 11 is 0. The smallest absolute Gasteiger partial charge is 0.221 e. The predicted octanol–water partition coefficient (Wildman–Crippen LogP) is 3.68. The molecule has 0 radical (unpaired) electrons. The third-order valence-corrected chi connectivity index (χ3v) is 3.37. The van der Waals surface area contributed by atoms with Crippen LogP contribution in [0.25, 0.3) is 22.2 Å². The van der Waals surface area contributed by atoms with Crippen molar-refractivity contribution in [1.82, 2.24) is 29.9 Å². The molecule has 1 aromatic carbocycles. The molecule has 0 spiro atoms. The average Bonchev–Trinajstić information content (AvgIpc) is 3.13. The number of carbonyl (C=O) groups excluding carboxylic acids is 1. The summed E-state index contributed by atoms with van der Waals surface area (Å²) in [5.74, 6) is 0. The Kier molecular flexibility index (Phi) is 6.84. The van der Waals surface area contributed by atoms with Crippen molar-refractivity contribution in [3.05, 3.63) is 54.0 Å². The number of hydrogen-bond acceptors (Lipinski definition) is 6. The Morgan fingerprint density at radius 3 is 2.65 bits per heavy atom. The molecule has 0 amide bonds. The van der Waals surface area contributed by atoms with Gasteiger partial charge in [-0.2, -0.15) is 0 Å². The van der Waals surface area contributed by atoms with E-state index in [9.17, 15) is 4.79 Å². The maximum atomic E-state index is 10.8. The van der Waals surface area contributed by atoms with E-state index >= 15 is 0 Å². The molecule has 3 heterocycles. The third-order valence-electron chi connectivity index (χ3n) is 3.37. The second kappa shape index (κ2) is 9.31. The van der Waals surface area contributed by atoms with Crippen LogP contribution in [-0.4, -0.2) is 36.2 Å². The van der Waals surface area contributed by atoms with E-state index in [1.54, 1.807) is 10.9 Å². The van der Waals surface area contributed by atoms with Gasteiger partial charge in [-0.15, -0.1) is 5.10 Å². The number of carbonyl (C=O) groups is 1. The van der Waals surface area contributed by atoms with E-state index in [4.69, 9.17) is 0 Å². The number of rotatable bonds is 3. The number of benzene rings is 1. The van der Waals surface area contributed by atoms with Gasteiger partial charge in [-0.1, -0.05) is 45.0 Å². The Labute approximate surface area is 152 Å². The van der Waals surface area contributed by atoms with Crippen LogP contribution < -0.4 is 0 Å². The minimum absolute atomic E-state index is 0.263. The highest BCUT2D eigenvalue weighted by molar-refractivity contribution is 5.79. The van der Waals surface area contributed by atoms with Crippen LogP contribution in [0.5, 0.6) is 0 Å². The van der Waals surface area contributed by atoms with Crippen molar-refractivity contribution in [2.75, 3.05) is 0 Å². The van der Waals surface area contributed by atoms with Gasteiger partial charge in [-0.25, -0.2) is 14.6 Å². The predicted molar refractivity (Wildman–Crippen MR) is 102 cm³/mol. The number of fused-ring (bicyclic) bond motifs is 2. The van der Waals surface area contributed by atoms with E-state index in [1.807, 2.05) is 58.0 Å². The first-order chi connectivity index (χ1) is 12.8. The van der Waals surface area contributed by atoms with E-state index in [2.05, 4.69) is 25.3 Å². The van der Waals surface area contributed by atoms with Crippen LogP contribution in [0, 0.1) is 0 Å². The SMILES string of the molecule is CC.CC.O=Cc1cnc2nnn(Cc3ccc4ncccc4c3)c2n1. The third kappa shape index (κ3) is 4.05. The van der Waals surface area contributed by atoms with Gasteiger partial charge in [0.15, 0.2) is 11.9 Å². The zero-order chi connectivity index (χ0) is 18.9. The maximum absolute atomic E-state index is 10.8. The fourth-order valence-corrected chi connectivity index (χ4v) is 2.33. The molecule has 0 N–H and O–H groups in total. The molecule has 0 aliphatic rings. The van der Waals surface area contributed by atoms with Gasteiger partial charge in [0, 0.05) is 11.6 Å². The molecule has 3 aromatic heterocycles. The summed E-state index contributed by atoms with van der Waals surface area (Å²) in [6, 6.07) is 9.91. The average molecular weight is 350 g/mol. The Bertz CT molecular complexity index is 996. The summed E-state index contributed by atoms with van der Waals surface area (Å²) in [6.07, 6.45) is 3.81. The first-order valence-corrected chi connectivity index (χ1v) is 8.68. The molecular weight excluding hydrogens is 328 g/mol. The molecule has 7 heteroatoms. The molecule has 4 aromatic rings. The number of hydrogen-bond donors (Lipinski definition) is 0. The largest absolute Gasteiger partial charge is 0.296 e. The van der Waals surface area contributed by atoms with Crippen molar-refractivity contribution in [3.8, 4) is 0 Å². The van der Waals surface area contributed by atoms with Gasteiger partial charge in [0.05, 0.1) is 18.3 Å². The molecule has 0 fully saturated rings. The van der Waals surface area contributed by atoms with Gasteiger partial charge in [0.25, 0.3) is 0 Å². The van der Waals surface area contributed by atoms with E-state index in [0.717, 1.165) is 16.5 Å². The summed E-state index contributed by atoms with van der Waals surface area (Å²) < 4.78 is 1.63. The van der Waals surface area contributed by atoms with E-state index < -0.39 is 0 Å². The molecule has 4 rings (SSSR count). The second-order valence-electron chi connectivity index (χ2n) is 4.84. The monoisotopic (exact) mass is 350 g/mol. The van der Waals surface area contributed by atoms with Crippen molar-refractivity contribution in [2.45, 2.75) is 34.2 Å². The number of aldehydes is 1. The van der Waals surface area contributed by atoms with Gasteiger partial charge < -0.3 is 0 Å². The van der Waals surface area contributed by atoms with Crippen molar-refractivity contribution in [2.24, 2.45) is 0 Å². The first-order valence-electron chi connectivity index (χ1n) is 8.68. The number of pyridine rings is 1. The van der Waals surface area contributed by atoms with Crippen LogP contribution in [0.4, 0.5) is 0 Å². The van der Waals surface area contributed by atoms with Crippen LogP contribution in [-0.2, 0) is 6.54 Å². The standard InChI is InChI=1S/C15H10N6O.2C2H6/c22-9-12-7-17-14-15(18-12)21(20-19-14)8-10-3-4-13-11(6-10)2-1-5-16-13;2*1-2/h1-7,9H,8H2;2*1-2H3.